The lowest BCUT2D eigenvalue weighted by Gasteiger charge is -2.33. The number of benzene rings is 1. The van der Waals surface area contributed by atoms with Crippen LogP contribution >= 0.6 is 60.2 Å². The van der Waals surface area contributed by atoms with Crippen LogP contribution in [0.1, 0.15) is 36.5 Å². The molecule has 3 N–H and O–H groups in total. The molecule has 2 aliphatic rings. The van der Waals surface area contributed by atoms with Gasteiger partial charge in [-0.05, 0) is 44.4 Å². The standard InChI is InChI=1S/C24H29ClN6OS.3ClH/c1-15-13-26-9-11-31(15)10-3-8-27-24-28-14-19(25)22(30-24)21-12-18-17(4-2-5-20(18)33-21)23(32)29-16-6-7-16;;;/h2,4-5,12,14-16,26H,3,6-11,13H2,1H3,(H,29,32)(H,27,28,30);3*1H/t15-;;;/m0.../s1. The average Bonchev–Trinajstić information content (AvgIpc) is 3.52. The first-order chi connectivity index (χ1) is 16.1. The Morgan fingerprint density at radius 1 is 1.28 bits per heavy atom. The van der Waals surface area contributed by atoms with Crippen LogP contribution in [0, 0.1) is 0 Å². The largest absolute Gasteiger partial charge is 0.354 e. The normalized spacial score (nSPS) is 17.4. The van der Waals surface area contributed by atoms with Crippen molar-refractivity contribution in [1.82, 2.24) is 25.5 Å². The number of amides is 1. The highest BCUT2D eigenvalue weighted by molar-refractivity contribution is 7.22. The molecule has 36 heavy (non-hydrogen) atoms. The number of carbonyl (C=O) groups is 1. The fourth-order valence-electron chi connectivity index (χ4n) is 4.19. The van der Waals surface area contributed by atoms with Crippen molar-refractivity contribution in [1.29, 1.82) is 0 Å². The van der Waals surface area contributed by atoms with Gasteiger partial charge in [-0.3, -0.25) is 9.69 Å². The summed E-state index contributed by atoms with van der Waals surface area (Å²) >= 11 is 8.07. The van der Waals surface area contributed by atoms with Crippen LogP contribution < -0.4 is 16.0 Å². The summed E-state index contributed by atoms with van der Waals surface area (Å²) in [6.07, 6.45) is 4.80. The van der Waals surface area contributed by atoms with Crippen LogP contribution in [-0.2, 0) is 0 Å². The Hall–Kier alpha value is -1.39. The molecule has 0 unspecified atom stereocenters. The zero-order chi connectivity index (χ0) is 22.8. The number of hydrogen-bond acceptors (Lipinski definition) is 7. The van der Waals surface area contributed by atoms with E-state index < -0.39 is 0 Å². The minimum Gasteiger partial charge on any atom is -0.354 e. The maximum atomic E-state index is 12.7. The Morgan fingerprint density at radius 3 is 2.83 bits per heavy atom. The van der Waals surface area contributed by atoms with Crippen LogP contribution in [0.25, 0.3) is 20.7 Å². The fraction of sp³-hybridized carbons (Fsp3) is 0.458. The van der Waals surface area contributed by atoms with Gasteiger partial charge < -0.3 is 16.0 Å². The molecule has 0 spiro atoms. The molecule has 7 nitrogen and oxygen atoms in total. The van der Waals surface area contributed by atoms with Gasteiger partial charge in [0.2, 0.25) is 5.95 Å². The number of aromatic nitrogens is 2. The summed E-state index contributed by atoms with van der Waals surface area (Å²) in [6.45, 7) is 7.32. The van der Waals surface area contributed by atoms with E-state index in [0.717, 1.165) is 66.9 Å². The van der Waals surface area contributed by atoms with Gasteiger partial charge in [0, 0.05) is 60.5 Å². The zero-order valence-electron chi connectivity index (χ0n) is 20.0. The summed E-state index contributed by atoms with van der Waals surface area (Å²) in [4.78, 5) is 25.2. The van der Waals surface area contributed by atoms with E-state index >= 15 is 0 Å². The number of nitrogens with zero attached hydrogens (tertiary/aromatic N) is 3. The van der Waals surface area contributed by atoms with Gasteiger partial charge in [-0.15, -0.1) is 48.6 Å². The molecule has 3 heterocycles. The number of rotatable bonds is 8. The van der Waals surface area contributed by atoms with E-state index in [4.69, 9.17) is 16.6 Å². The number of thiophene rings is 1. The minimum atomic E-state index is -0.0117. The lowest BCUT2D eigenvalue weighted by Crippen LogP contribution is -2.50. The summed E-state index contributed by atoms with van der Waals surface area (Å²) in [5.41, 5.74) is 1.40. The van der Waals surface area contributed by atoms with Gasteiger partial charge in [-0.25, -0.2) is 9.97 Å². The predicted octanol–water partition coefficient (Wildman–Crippen LogP) is 5.27. The molecule has 3 aromatic rings. The van der Waals surface area contributed by atoms with Gasteiger partial charge >= 0.3 is 0 Å². The van der Waals surface area contributed by atoms with E-state index in [1.165, 1.54) is 0 Å². The van der Waals surface area contributed by atoms with Crippen molar-refractivity contribution in [3.63, 3.8) is 0 Å². The van der Waals surface area contributed by atoms with E-state index in [2.05, 4.69) is 32.8 Å². The third-order valence-corrected chi connectivity index (χ3v) is 7.62. The van der Waals surface area contributed by atoms with Crippen molar-refractivity contribution in [2.24, 2.45) is 0 Å². The average molecular weight is 594 g/mol. The van der Waals surface area contributed by atoms with Crippen molar-refractivity contribution in [3.8, 4) is 10.6 Å². The fourth-order valence-corrected chi connectivity index (χ4v) is 5.53. The van der Waals surface area contributed by atoms with Crippen LogP contribution in [0.3, 0.4) is 0 Å². The van der Waals surface area contributed by atoms with Crippen LogP contribution in [0.2, 0.25) is 5.02 Å². The summed E-state index contributed by atoms with van der Waals surface area (Å²) in [6, 6.07) is 8.75. The van der Waals surface area contributed by atoms with Crippen molar-refractivity contribution in [2.45, 2.75) is 38.3 Å². The van der Waals surface area contributed by atoms with Crippen LogP contribution in [0.4, 0.5) is 5.95 Å². The van der Waals surface area contributed by atoms with Gasteiger partial charge in [0.15, 0.2) is 0 Å². The number of halogens is 4. The second kappa shape index (κ2) is 14.0. The molecule has 1 aliphatic carbocycles. The number of piperazine rings is 1. The third-order valence-electron chi connectivity index (χ3n) is 6.24. The summed E-state index contributed by atoms with van der Waals surface area (Å²) in [5.74, 6) is 0.564. The molecule has 1 atom stereocenters. The van der Waals surface area contributed by atoms with Crippen molar-refractivity contribution < 1.29 is 4.79 Å². The Kier molecular flexibility index (Phi) is 12.0. The Morgan fingerprint density at radius 2 is 2.08 bits per heavy atom. The Balaban J connectivity index is 0.00000152. The van der Waals surface area contributed by atoms with Crippen LogP contribution in [0.5, 0.6) is 0 Å². The lowest BCUT2D eigenvalue weighted by atomic mass is 10.1. The first-order valence-electron chi connectivity index (χ1n) is 11.6. The zero-order valence-corrected chi connectivity index (χ0v) is 24.0. The molecule has 1 aromatic carbocycles. The molecule has 1 aliphatic heterocycles. The first-order valence-corrected chi connectivity index (χ1v) is 12.8. The third kappa shape index (κ3) is 7.34. The van der Waals surface area contributed by atoms with Crippen molar-refractivity contribution >= 4 is 82.1 Å². The van der Waals surface area contributed by atoms with E-state index in [0.29, 0.717) is 34.3 Å². The molecular formula is C24H32Cl4N6OS. The maximum Gasteiger partial charge on any atom is 0.252 e. The smallest absolute Gasteiger partial charge is 0.252 e. The number of hydrogen-bond donors (Lipinski definition) is 3. The van der Waals surface area contributed by atoms with E-state index in [1.807, 2.05) is 24.3 Å². The monoisotopic (exact) mass is 592 g/mol. The van der Waals surface area contributed by atoms with Crippen molar-refractivity contribution in [2.75, 3.05) is 38.0 Å². The van der Waals surface area contributed by atoms with Gasteiger partial charge in [0.05, 0.1) is 16.1 Å². The van der Waals surface area contributed by atoms with Crippen LogP contribution in [0.15, 0.2) is 30.5 Å². The molecule has 0 bridgehead atoms. The highest BCUT2D eigenvalue weighted by Crippen LogP contribution is 2.37. The maximum absolute atomic E-state index is 12.7. The summed E-state index contributed by atoms with van der Waals surface area (Å²) in [7, 11) is 0. The van der Waals surface area contributed by atoms with Gasteiger partial charge in [0.25, 0.3) is 5.91 Å². The minimum absolute atomic E-state index is 0. The second-order valence-corrected chi connectivity index (χ2v) is 10.3. The second-order valence-electron chi connectivity index (χ2n) is 8.84. The molecule has 12 heteroatoms. The Labute approximate surface area is 239 Å². The van der Waals surface area contributed by atoms with Gasteiger partial charge in [0.1, 0.15) is 5.69 Å². The number of anilines is 1. The number of nitrogens with one attached hydrogen (secondary N) is 3. The predicted molar refractivity (Wildman–Crippen MR) is 157 cm³/mol. The number of carbonyl (C=O) groups excluding carboxylic acids is 1. The highest BCUT2D eigenvalue weighted by Gasteiger charge is 2.25. The highest BCUT2D eigenvalue weighted by atomic mass is 35.5. The summed E-state index contributed by atoms with van der Waals surface area (Å²) < 4.78 is 1.04. The SMILES string of the molecule is C[C@H]1CNCCN1CCCNc1ncc(Cl)c(-c2cc3c(C(=O)NC4CC4)cccc3s2)n1.Cl.Cl.Cl. The molecular weight excluding hydrogens is 562 g/mol. The Bertz CT molecular complexity index is 1160. The lowest BCUT2D eigenvalue weighted by molar-refractivity contribution is 0.0953. The van der Waals surface area contributed by atoms with Crippen molar-refractivity contribution in [3.05, 3.63) is 41.0 Å². The van der Waals surface area contributed by atoms with Gasteiger partial charge in [-0.2, -0.15) is 0 Å². The molecule has 1 saturated heterocycles. The molecule has 2 fully saturated rings. The molecule has 1 amide bonds. The van der Waals surface area contributed by atoms with Crippen LogP contribution in [-0.4, -0.2) is 65.6 Å². The van der Waals surface area contributed by atoms with E-state index in [9.17, 15) is 4.79 Å². The topological polar surface area (TPSA) is 82.2 Å². The first kappa shape index (κ1) is 30.8. The van der Waals surface area contributed by atoms with E-state index in [-0.39, 0.29) is 43.1 Å². The quantitative estimate of drug-likeness (QED) is 0.309. The molecule has 0 radical (unpaired) electrons. The molecule has 198 valence electrons. The number of fused-ring (bicyclic) bond motifs is 1. The van der Waals surface area contributed by atoms with Gasteiger partial charge in [-0.1, -0.05) is 17.7 Å². The molecule has 5 rings (SSSR count). The summed E-state index contributed by atoms with van der Waals surface area (Å²) in [5, 5.41) is 11.3. The molecule has 2 aromatic heterocycles. The molecule has 1 saturated carbocycles. The van der Waals surface area contributed by atoms with E-state index in [1.54, 1.807) is 17.5 Å².